The predicted molar refractivity (Wildman–Crippen MR) is 95.4 cm³/mol. The summed E-state index contributed by atoms with van der Waals surface area (Å²) >= 11 is 0. The van der Waals surface area contributed by atoms with Crippen molar-refractivity contribution in [3.05, 3.63) is 48.3 Å². The molecule has 134 valence electrons. The summed E-state index contributed by atoms with van der Waals surface area (Å²) in [6.45, 7) is 2.00. The smallest absolute Gasteiger partial charge is 0.253 e. The number of rotatable bonds is 10. The van der Waals surface area contributed by atoms with Crippen molar-refractivity contribution in [1.29, 1.82) is 0 Å². The average molecular weight is 345 g/mol. The zero-order valence-corrected chi connectivity index (χ0v) is 14.5. The Labute approximate surface area is 147 Å². The van der Waals surface area contributed by atoms with Crippen molar-refractivity contribution in [3.63, 3.8) is 0 Å². The Morgan fingerprint density at radius 2 is 1.80 bits per heavy atom. The minimum absolute atomic E-state index is 0.178. The molecule has 2 N–H and O–H groups in total. The van der Waals surface area contributed by atoms with E-state index in [0.29, 0.717) is 31.9 Å². The first-order chi connectivity index (χ1) is 12.2. The molecule has 1 amide bonds. The standard InChI is InChI=1S/C18H23N3O4/c1-23-9-7-21-18(22)14-11-15(13-19-12-14)20-8-10-25-17-5-3-16(24-2)4-6-17/h3-6,11-13,20H,7-10H2,1-2H3,(H,21,22). The van der Waals surface area contributed by atoms with Crippen LogP contribution in [0, 0.1) is 0 Å². The van der Waals surface area contributed by atoms with E-state index in [4.69, 9.17) is 14.2 Å². The van der Waals surface area contributed by atoms with E-state index in [0.717, 1.165) is 17.2 Å². The lowest BCUT2D eigenvalue weighted by Gasteiger charge is -2.10. The fourth-order valence-corrected chi connectivity index (χ4v) is 2.07. The number of ether oxygens (including phenoxy) is 3. The average Bonchev–Trinajstić information content (AvgIpc) is 2.66. The molecule has 0 saturated heterocycles. The summed E-state index contributed by atoms with van der Waals surface area (Å²) in [6.07, 6.45) is 3.19. The van der Waals surface area contributed by atoms with Gasteiger partial charge in [0.1, 0.15) is 18.1 Å². The number of aromatic nitrogens is 1. The number of hydrogen-bond donors (Lipinski definition) is 2. The molecule has 7 nitrogen and oxygen atoms in total. The molecule has 0 aliphatic rings. The van der Waals surface area contributed by atoms with Gasteiger partial charge in [-0.1, -0.05) is 0 Å². The van der Waals surface area contributed by atoms with Gasteiger partial charge < -0.3 is 24.8 Å². The number of nitrogens with one attached hydrogen (secondary N) is 2. The summed E-state index contributed by atoms with van der Waals surface area (Å²) in [5.41, 5.74) is 1.26. The number of benzene rings is 1. The van der Waals surface area contributed by atoms with E-state index in [1.54, 1.807) is 26.5 Å². The number of carbonyl (C=O) groups excluding carboxylic acids is 1. The van der Waals surface area contributed by atoms with Gasteiger partial charge in [-0.05, 0) is 30.3 Å². The summed E-state index contributed by atoms with van der Waals surface area (Å²) in [5, 5.41) is 5.94. The number of anilines is 1. The molecule has 2 rings (SSSR count). The summed E-state index contributed by atoms with van der Waals surface area (Å²) in [4.78, 5) is 16.1. The van der Waals surface area contributed by atoms with Crippen molar-refractivity contribution in [2.24, 2.45) is 0 Å². The Kier molecular flexibility index (Phi) is 7.52. The predicted octanol–water partition coefficient (Wildman–Crippen LogP) is 1.96. The van der Waals surface area contributed by atoms with Gasteiger partial charge in [-0.25, -0.2) is 0 Å². The van der Waals surface area contributed by atoms with Gasteiger partial charge in [0.25, 0.3) is 5.91 Å². The van der Waals surface area contributed by atoms with E-state index in [1.807, 2.05) is 24.3 Å². The monoisotopic (exact) mass is 345 g/mol. The Balaban J connectivity index is 1.76. The van der Waals surface area contributed by atoms with E-state index in [-0.39, 0.29) is 5.91 Å². The molecule has 0 aliphatic heterocycles. The molecule has 2 aromatic rings. The first kappa shape index (κ1) is 18.5. The highest BCUT2D eigenvalue weighted by atomic mass is 16.5. The van der Waals surface area contributed by atoms with E-state index in [2.05, 4.69) is 15.6 Å². The van der Waals surface area contributed by atoms with Crippen molar-refractivity contribution in [3.8, 4) is 11.5 Å². The van der Waals surface area contributed by atoms with Gasteiger partial charge in [-0.2, -0.15) is 0 Å². The molecule has 1 aromatic heterocycles. The second kappa shape index (κ2) is 10.1. The number of carbonyl (C=O) groups is 1. The van der Waals surface area contributed by atoms with Crippen molar-refractivity contribution < 1.29 is 19.0 Å². The molecule has 0 unspecified atom stereocenters. The maximum absolute atomic E-state index is 12.0. The number of pyridine rings is 1. The zero-order chi connectivity index (χ0) is 17.9. The van der Waals surface area contributed by atoms with Gasteiger partial charge in [0.2, 0.25) is 0 Å². The summed E-state index contributed by atoms with van der Waals surface area (Å²) in [7, 11) is 3.21. The number of hydrogen-bond acceptors (Lipinski definition) is 6. The molecule has 0 fully saturated rings. The van der Waals surface area contributed by atoms with E-state index in [1.165, 1.54) is 6.20 Å². The van der Waals surface area contributed by atoms with Gasteiger partial charge in [0.05, 0.1) is 25.0 Å². The fourth-order valence-electron chi connectivity index (χ4n) is 2.07. The van der Waals surface area contributed by atoms with Crippen LogP contribution in [0.2, 0.25) is 0 Å². The fraction of sp³-hybridized carbons (Fsp3) is 0.333. The molecule has 0 saturated carbocycles. The lowest BCUT2D eigenvalue weighted by Crippen LogP contribution is -2.27. The van der Waals surface area contributed by atoms with Crippen LogP contribution in [0.5, 0.6) is 11.5 Å². The van der Waals surface area contributed by atoms with Crippen LogP contribution in [0.25, 0.3) is 0 Å². The number of nitrogens with zero attached hydrogens (tertiary/aromatic N) is 1. The number of amides is 1. The van der Waals surface area contributed by atoms with Crippen molar-refractivity contribution in [1.82, 2.24) is 10.3 Å². The van der Waals surface area contributed by atoms with Crippen molar-refractivity contribution >= 4 is 11.6 Å². The van der Waals surface area contributed by atoms with Crippen molar-refractivity contribution in [2.75, 3.05) is 45.8 Å². The Morgan fingerprint density at radius 1 is 1.04 bits per heavy atom. The Hall–Kier alpha value is -2.80. The summed E-state index contributed by atoms with van der Waals surface area (Å²) in [5.74, 6) is 1.38. The van der Waals surface area contributed by atoms with Crippen LogP contribution in [0.3, 0.4) is 0 Å². The second-order valence-corrected chi connectivity index (χ2v) is 5.16. The first-order valence-corrected chi connectivity index (χ1v) is 7.96. The molecule has 7 heteroatoms. The van der Waals surface area contributed by atoms with E-state index < -0.39 is 0 Å². The third-order valence-electron chi connectivity index (χ3n) is 3.35. The lowest BCUT2D eigenvalue weighted by atomic mass is 10.2. The maximum atomic E-state index is 12.0. The van der Waals surface area contributed by atoms with Crippen molar-refractivity contribution in [2.45, 2.75) is 0 Å². The van der Waals surface area contributed by atoms with Crippen LogP contribution in [0.4, 0.5) is 5.69 Å². The number of methoxy groups -OCH3 is 2. The van der Waals surface area contributed by atoms with Crippen LogP contribution in [-0.2, 0) is 4.74 Å². The van der Waals surface area contributed by atoms with Gasteiger partial charge in [0, 0.05) is 32.6 Å². The maximum Gasteiger partial charge on any atom is 0.253 e. The van der Waals surface area contributed by atoms with Gasteiger partial charge in [0.15, 0.2) is 0 Å². The topological polar surface area (TPSA) is 81.7 Å². The van der Waals surface area contributed by atoms with Crippen LogP contribution in [-0.4, -0.2) is 51.4 Å². The molecule has 0 atom stereocenters. The van der Waals surface area contributed by atoms with Gasteiger partial charge in [-0.15, -0.1) is 0 Å². The third-order valence-corrected chi connectivity index (χ3v) is 3.35. The molecule has 0 bridgehead atoms. The first-order valence-electron chi connectivity index (χ1n) is 7.96. The zero-order valence-electron chi connectivity index (χ0n) is 14.5. The normalized spacial score (nSPS) is 10.2. The molecule has 1 aromatic carbocycles. The van der Waals surface area contributed by atoms with Crippen LogP contribution < -0.4 is 20.1 Å². The lowest BCUT2D eigenvalue weighted by molar-refractivity contribution is 0.0937. The van der Waals surface area contributed by atoms with Crippen LogP contribution >= 0.6 is 0 Å². The molecule has 1 heterocycles. The van der Waals surface area contributed by atoms with E-state index >= 15 is 0 Å². The highest BCUT2D eigenvalue weighted by Gasteiger charge is 2.06. The van der Waals surface area contributed by atoms with Crippen LogP contribution in [0.1, 0.15) is 10.4 Å². The highest BCUT2D eigenvalue weighted by molar-refractivity contribution is 5.94. The molecule has 0 aliphatic carbocycles. The van der Waals surface area contributed by atoms with Gasteiger partial charge >= 0.3 is 0 Å². The van der Waals surface area contributed by atoms with E-state index in [9.17, 15) is 4.79 Å². The Morgan fingerprint density at radius 3 is 2.52 bits per heavy atom. The SMILES string of the molecule is COCCNC(=O)c1cncc(NCCOc2ccc(OC)cc2)c1. The molecule has 25 heavy (non-hydrogen) atoms. The quantitative estimate of drug-likeness (QED) is 0.641. The molecular weight excluding hydrogens is 322 g/mol. The Bertz CT molecular complexity index is 662. The summed E-state index contributed by atoms with van der Waals surface area (Å²) in [6, 6.07) is 9.15. The molecule has 0 radical (unpaired) electrons. The van der Waals surface area contributed by atoms with Gasteiger partial charge in [-0.3, -0.25) is 9.78 Å². The third kappa shape index (κ3) is 6.31. The largest absolute Gasteiger partial charge is 0.497 e. The highest BCUT2D eigenvalue weighted by Crippen LogP contribution is 2.16. The second-order valence-electron chi connectivity index (χ2n) is 5.16. The minimum atomic E-state index is -0.178. The summed E-state index contributed by atoms with van der Waals surface area (Å²) < 4.78 is 15.6. The molecule has 0 spiro atoms. The molecular formula is C18H23N3O4. The van der Waals surface area contributed by atoms with Crippen LogP contribution in [0.15, 0.2) is 42.7 Å². The minimum Gasteiger partial charge on any atom is -0.497 e.